The van der Waals surface area contributed by atoms with Gasteiger partial charge >= 0.3 is 0 Å². The van der Waals surface area contributed by atoms with E-state index in [1.807, 2.05) is 68.4 Å². The maximum Gasteiger partial charge on any atom is 0.187 e. The molecule has 4 atom stereocenters. The largest absolute Gasteiger partial charge is 0.388 e. The Morgan fingerprint density at radius 3 is 1.79 bits per heavy atom. The van der Waals surface area contributed by atoms with Crippen LogP contribution in [0.15, 0.2) is 91.0 Å². The average molecular weight is 447 g/mol. The molecule has 2 saturated heterocycles. The maximum absolute atomic E-state index is 11.1. The Labute approximate surface area is 194 Å². The third kappa shape index (κ3) is 4.35. The van der Waals surface area contributed by atoms with Gasteiger partial charge in [0.2, 0.25) is 0 Å². The van der Waals surface area contributed by atoms with Gasteiger partial charge in [-0.3, -0.25) is 0 Å². The maximum atomic E-state index is 11.1. The minimum Gasteiger partial charge on any atom is -0.388 e. The van der Waals surface area contributed by atoms with Crippen molar-refractivity contribution in [3.05, 3.63) is 108 Å². The summed E-state index contributed by atoms with van der Waals surface area (Å²) in [5.74, 6) is -0.662. The second kappa shape index (κ2) is 9.01. The molecule has 3 aromatic rings. The summed E-state index contributed by atoms with van der Waals surface area (Å²) in [5.41, 5.74) is 2.10. The zero-order chi connectivity index (χ0) is 22.9. The second-order valence-electron chi connectivity index (χ2n) is 9.11. The predicted octanol–water partition coefficient (Wildman–Crippen LogP) is 4.62. The van der Waals surface area contributed by atoms with Gasteiger partial charge in [0, 0.05) is 6.42 Å². The first-order valence-electron chi connectivity index (χ1n) is 11.5. The van der Waals surface area contributed by atoms with Gasteiger partial charge in [0.1, 0.15) is 17.8 Å². The van der Waals surface area contributed by atoms with Gasteiger partial charge in [-0.05, 0) is 30.5 Å². The standard InChI is InChI=1S/C28H30O5/c1-27(2)32-25-18-24(31-26(25)33-27)23(29)19-30-28(20-12-6-3-7-13-20,21-14-8-4-9-15-21)22-16-10-5-11-17-22/h3-17,23-26,29H,18-19H2,1-2H3/t23-,24+,25-,26-/m1/s1. The van der Waals surface area contributed by atoms with Crippen LogP contribution in [0.3, 0.4) is 0 Å². The fraction of sp³-hybridized carbons (Fsp3) is 0.357. The van der Waals surface area contributed by atoms with E-state index in [2.05, 4.69) is 36.4 Å². The molecule has 1 N–H and O–H groups in total. The Balaban J connectivity index is 1.45. The second-order valence-corrected chi connectivity index (χ2v) is 9.11. The van der Waals surface area contributed by atoms with Crippen LogP contribution in [0.5, 0.6) is 0 Å². The number of hydrogen-bond acceptors (Lipinski definition) is 5. The average Bonchev–Trinajstić information content (AvgIpc) is 3.35. The molecule has 5 rings (SSSR count). The minimum absolute atomic E-state index is 0.0895. The molecule has 2 fully saturated rings. The lowest BCUT2D eigenvalue weighted by atomic mass is 9.80. The zero-order valence-electron chi connectivity index (χ0n) is 19.0. The summed E-state index contributed by atoms with van der Waals surface area (Å²) in [5, 5.41) is 11.1. The summed E-state index contributed by atoms with van der Waals surface area (Å²) in [7, 11) is 0. The summed E-state index contributed by atoms with van der Waals surface area (Å²) in [6.45, 7) is 3.83. The Bertz CT molecular complexity index is 925. The van der Waals surface area contributed by atoms with Gasteiger partial charge in [-0.15, -0.1) is 0 Å². The number of ether oxygens (including phenoxy) is 4. The highest BCUT2D eigenvalue weighted by Crippen LogP contribution is 2.42. The van der Waals surface area contributed by atoms with E-state index in [0.29, 0.717) is 6.42 Å². The predicted molar refractivity (Wildman–Crippen MR) is 124 cm³/mol. The molecule has 2 aliphatic heterocycles. The monoisotopic (exact) mass is 446 g/mol. The normalized spacial score (nSPS) is 25.0. The molecule has 5 heteroatoms. The highest BCUT2D eigenvalue weighted by atomic mass is 16.8. The van der Waals surface area contributed by atoms with Gasteiger partial charge in [0.25, 0.3) is 0 Å². The summed E-state index contributed by atoms with van der Waals surface area (Å²) in [6, 6.07) is 30.4. The van der Waals surface area contributed by atoms with Crippen molar-refractivity contribution in [2.45, 2.75) is 56.3 Å². The van der Waals surface area contributed by atoms with Gasteiger partial charge in [0.05, 0.1) is 12.7 Å². The molecule has 0 spiro atoms. The Morgan fingerprint density at radius 2 is 1.33 bits per heavy atom. The van der Waals surface area contributed by atoms with E-state index in [9.17, 15) is 5.11 Å². The Hall–Kier alpha value is -2.54. The summed E-state index contributed by atoms with van der Waals surface area (Å²) in [4.78, 5) is 0. The van der Waals surface area contributed by atoms with Crippen LogP contribution in [-0.2, 0) is 24.5 Å². The van der Waals surface area contributed by atoms with E-state index in [4.69, 9.17) is 18.9 Å². The first-order valence-corrected chi connectivity index (χ1v) is 11.5. The van der Waals surface area contributed by atoms with Gasteiger partial charge < -0.3 is 24.1 Å². The number of rotatable bonds is 7. The number of hydrogen-bond donors (Lipinski definition) is 1. The van der Waals surface area contributed by atoms with E-state index >= 15 is 0 Å². The lowest BCUT2D eigenvalue weighted by Gasteiger charge is -2.37. The molecular weight excluding hydrogens is 416 g/mol. The lowest BCUT2D eigenvalue weighted by molar-refractivity contribution is -0.217. The molecule has 0 radical (unpaired) electrons. The van der Waals surface area contributed by atoms with Crippen molar-refractivity contribution in [3.8, 4) is 0 Å². The molecule has 0 unspecified atom stereocenters. The van der Waals surface area contributed by atoms with Crippen LogP contribution in [0.1, 0.15) is 37.0 Å². The molecule has 0 saturated carbocycles. The van der Waals surface area contributed by atoms with Crippen LogP contribution in [0, 0.1) is 0 Å². The zero-order valence-corrected chi connectivity index (χ0v) is 19.0. The molecular formula is C28H30O5. The van der Waals surface area contributed by atoms with E-state index in [1.54, 1.807) is 0 Å². The lowest BCUT2D eigenvalue weighted by Crippen LogP contribution is -2.39. The van der Waals surface area contributed by atoms with Crippen molar-refractivity contribution >= 4 is 0 Å². The Kier molecular flexibility index (Phi) is 6.08. The summed E-state index contributed by atoms with van der Waals surface area (Å²) < 4.78 is 24.4. The molecule has 0 aliphatic carbocycles. The molecule has 2 heterocycles. The van der Waals surface area contributed by atoms with Gasteiger partial charge in [0.15, 0.2) is 12.1 Å². The van der Waals surface area contributed by atoms with Crippen LogP contribution in [0.25, 0.3) is 0 Å². The molecule has 33 heavy (non-hydrogen) atoms. The fourth-order valence-corrected chi connectivity index (χ4v) is 4.87. The number of aliphatic hydroxyl groups excluding tert-OH is 1. The molecule has 3 aromatic carbocycles. The minimum atomic E-state index is -0.881. The highest BCUT2D eigenvalue weighted by molar-refractivity contribution is 5.47. The number of benzene rings is 3. The molecule has 172 valence electrons. The summed E-state index contributed by atoms with van der Waals surface area (Å²) >= 11 is 0. The first-order chi connectivity index (χ1) is 16.0. The fourth-order valence-electron chi connectivity index (χ4n) is 4.87. The third-order valence-corrected chi connectivity index (χ3v) is 6.35. The Morgan fingerprint density at radius 1 is 0.848 bits per heavy atom. The number of fused-ring (bicyclic) bond motifs is 1. The molecule has 0 bridgehead atoms. The van der Waals surface area contributed by atoms with E-state index < -0.39 is 29.9 Å². The third-order valence-electron chi connectivity index (χ3n) is 6.35. The van der Waals surface area contributed by atoms with Crippen LogP contribution >= 0.6 is 0 Å². The van der Waals surface area contributed by atoms with Crippen molar-refractivity contribution in [1.29, 1.82) is 0 Å². The van der Waals surface area contributed by atoms with Crippen molar-refractivity contribution in [2.75, 3.05) is 6.61 Å². The molecule has 0 amide bonds. The van der Waals surface area contributed by atoms with E-state index in [1.165, 1.54) is 0 Å². The van der Waals surface area contributed by atoms with Crippen molar-refractivity contribution in [2.24, 2.45) is 0 Å². The van der Waals surface area contributed by atoms with E-state index in [0.717, 1.165) is 16.7 Å². The van der Waals surface area contributed by atoms with E-state index in [-0.39, 0.29) is 12.7 Å². The van der Waals surface area contributed by atoms with Gasteiger partial charge in [-0.25, -0.2) is 0 Å². The van der Waals surface area contributed by atoms with Crippen LogP contribution in [0.2, 0.25) is 0 Å². The highest BCUT2D eigenvalue weighted by Gasteiger charge is 2.50. The van der Waals surface area contributed by atoms with Crippen LogP contribution in [-0.4, -0.2) is 42.1 Å². The number of aliphatic hydroxyl groups is 1. The molecule has 0 aromatic heterocycles. The van der Waals surface area contributed by atoms with Crippen molar-refractivity contribution in [3.63, 3.8) is 0 Å². The smallest absolute Gasteiger partial charge is 0.187 e. The quantitative estimate of drug-likeness (QED) is 0.537. The van der Waals surface area contributed by atoms with Gasteiger partial charge in [-0.1, -0.05) is 91.0 Å². The molecule has 5 nitrogen and oxygen atoms in total. The SMILES string of the molecule is CC1(C)O[C@H]2O[C@H]([C@H](O)COC(c3ccccc3)(c3ccccc3)c3ccccc3)C[C@H]2O1. The first kappa shape index (κ1) is 22.3. The van der Waals surface area contributed by atoms with Crippen LogP contribution < -0.4 is 0 Å². The molecule has 2 aliphatic rings. The van der Waals surface area contributed by atoms with Gasteiger partial charge in [-0.2, -0.15) is 0 Å². The summed E-state index contributed by atoms with van der Waals surface area (Å²) in [6.07, 6.45) is -1.32. The topological polar surface area (TPSA) is 57.2 Å². The van der Waals surface area contributed by atoms with Crippen LogP contribution in [0.4, 0.5) is 0 Å². The van der Waals surface area contributed by atoms with Crippen molar-refractivity contribution in [1.82, 2.24) is 0 Å². The van der Waals surface area contributed by atoms with Crippen molar-refractivity contribution < 1.29 is 24.1 Å².